The van der Waals surface area contributed by atoms with Gasteiger partial charge in [-0.1, -0.05) is 28.1 Å². The highest BCUT2D eigenvalue weighted by Gasteiger charge is 2.18. The Kier molecular flexibility index (Phi) is 3.89. The van der Waals surface area contributed by atoms with Crippen LogP contribution in [0.25, 0.3) is 0 Å². The standard InChI is InChI=1S/C14H10BrFO2/c15-11-5-1-9(2-6-11)13(17)14(18)10-3-7-12(16)8-4-10/h1-8,13,17H. The molecule has 2 nitrogen and oxygen atoms in total. The van der Waals surface area contributed by atoms with Crippen LogP contribution in [0.15, 0.2) is 53.0 Å². The van der Waals surface area contributed by atoms with Crippen LogP contribution in [0.2, 0.25) is 0 Å². The van der Waals surface area contributed by atoms with Crippen LogP contribution < -0.4 is 0 Å². The van der Waals surface area contributed by atoms with Gasteiger partial charge in [0.15, 0.2) is 5.78 Å². The minimum absolute atomic E-state index is 0.284. The van der Waals surface area contributed by atoms with Crippen LogP contribution >= 0.6 is 15.9 Å². The van der Waals surface area contributed by atoms with Crippen LogP contribution in [0.3, 0.4) is 0 Å². The van der Waals surface area contributed by atoms with E-state index in [9.17, 15) is 14.3 Å². The molecule has 2 rings (SSSR count). The Balaban J connectivity index is 2.23. The normalized spacial score (nSPS) is 12.2. The summed E-state index contributed by atoms with van der Waals surface area (Å²) < 4.78 is 13.6. The van der Waals surface area contributed by atoms with Crippen LogP contribution in [-0.2, 0) is 0 Å². The number of aliphatic hydroxyl groups is 1. The molecule has 0 aliphatic rings. The Hall–Kier alpha value is -1.52. The third-order valence-corrected chi connectivity index (χ3v) is 3.09. The maximum atomic E-state index is 12.7. The zero-order valence-corrected chi connectivity index (χ0v) is 10.9. The lowest BCUT2D eigenvalue weighted by Crippen LogP contribution is -2.12. The molecular formula is C14H10BrFO2. The second-order valence-corrected chi connectivity index (χ2v) is 4.74. The van der Waals surface area contributed by atoms with E-state index in [1.165, 1.54) is 24.3 Å². The smallest absolute Gasteiger partial charge is 0.195 e. The number of ketones is 1. The number of hydrogen-bond donors (Lipinski definition) is 1. The van der Waals surface area contributed by atoms with Crippen LogP contribution in [0.5, 0.6) is 0 Å². The fourth-order valence-electron chi connectivity index (χ4n) is 1.57. The van der Waals surface area contributed by atoms with Crippen molar-refractivity contribution < 1.29 is 14.3 Å². The molecule has 0 aliphatic heterocycles. The van der Waals surface area contributed by atoms with E-state index in [1.54, 1.807) is 24.3 Å². The van der Waals surface area contributed by atoms with E-state index in [0.717, 1.165) is 4.47 Å². The van der Waals surface area contributed by atoms with Gasteiger partial charge < -0.3 is 5.11 Å². The third-order valence-electron chi connectivity index (χ3n) is 2.56. The van der Waals surface area contributed by atoms with E-state index >= 15 is 0 Å². The molecule has 18 heavy (non-hydrogen) atoms. The molecule has 0 spiro atoms. The van der Waals surface area contributed by atoms with Gasteiger partial charge in [0.2, 0.25) is 0 Å². The van der Waals surface area contributed by atoms with Crippen molar-refractivity contribution >= 4 is 21.7 Å². The highest BCUT2D eigenvalue weighted by Crippen LogP contribution is 2.20. The second-order valence-electron chi connectivity index (χ2n) is 3.83. The van der Waals surface area contributed by atoms with E-state index < -0.39 is 17.7 Å². The monoisotopic (exact) mass is 308 g/mol. The van der Waals surface area contributed by atoms with E-state index in [4.69, 9.17) is 0 Å². The highest BCUT2D eigenvalue weighted by atomic mass is 79.9. The van der Waals surface area contributed by atoms with Gasteiger partial charge in [0, 0.05) is 10.0 Å². The van der Waals surface area contributed by atoms with Crippen molar-refractivity contribution in [2.45, 2.75) is 6.10 Å². The Morgan fingerprint density at radius 1 is 1.06 bits per heavy atom. The van der Waals surface area contributed by atoms with Gasteiger partial charge in [0.1, 0.15) is 11.9 Å². The SMILES string of the molecule is O=C(c1ccc(F)cc1)C(O)c1ccc(Br)cc1. The predicted octanol–water partition coefficient (Wildman–Crippen LogP) is 3.50. The molecule has 0 amide bonds. The minimum atomic E-state index is -1.23. The number of benzene rings is 2. The van der Waals surface area contributed by atoms with E-state index in [-0.39, 0.29) is 5.56 Å². The van der Waals surface area contributed by atoms with Crippen LogP contribution in [0, 0.1) is 5.82 Å². The molecular weight excluding hydrogens is 299 g/mol. The van der Waals surface area contributed by atoms with Gasteiger partial charge in [-0.25, -0.2) is 4.39 Å². The molecule has 1 unspecified atom stereocenters. The second kappa shape index (κ2) is 5.42. The Morgan fingerprint density at radius 2 is 1.61 bits per heavy atom. The first-order valence-corrected chi connectivity index (χ1v) is 6.10. The predicted molar refractivity (Wildman–Crippen MR) is 69.8 cm³/mol. The highest BCUT2D eigenvalue weighted by molar-refractivity contribution is 9.10. The van der Waals surface area contributed by atoms with Gasteiger partial charge in [-0.2, -0.15) is 0 Å². The molecule has 0 saturated carbocycles. The summed E-state index contributed by atoms with van der Waals surface area (Å²) in [6.07, 6.45) is -1.23. The van der Waals surface area contributed by atoms with E-state index in [1.807, 2.05) is 0 Å². The largest absolute Gasteiger partial charge is 0.380 e. The Bertz CT molecular complexity index is 549. The van der Waals surface area contributed by atoms with Gasteiger partial charge in [-0.15, -0.1) is 0 Å². The quantitative estimate of drug-likeness (QED) is 0.881. The first kappa shape index (κ1) is 12.9. The van der Waals surface area contributed by atoms with E-state index in [0.29, 0.717) is 5.56 Å². The van der Waals surface area contributed by atoms with Crippen molar-refractivity contribution in [3.63, 3.8) is 0 Å². The zero-order chi connectivity index (χ0) is 13.1. The first-order chi connectivity index (χ1) is 8.58. The lowest BCUT2D eigenvalue weighted by Gasteiger charge is -2.10. The number of Topliss-reactive ketones (excluding diaryl/α,β-unsaturated/α-hetero) is 1. The molecule has 0 aliphatic carbocycles. The van der Waals surface area contributed by atoms with Crippen LogP contribution in [0.1, 0.15) is 22.0 Å². The number of carbonyl (C=O) groups excluding carboxylic acids is 1. The van der Waals surface area contributed by atoms with Crippen molar-refractivity contribution in [3.8, 4) is 0 Å². The molecule has 2 aromatic carbocycles. The molecule has 4 heteroatoms. The summed E-state index contributed by atoms with van der Waals surface area (Å²) in [5.41, 5.74) is 0.791. The molecule has 0 aromatic heterocycles. The van der Waals surface area contributed by atoms with Crippen molar-refractivity contribution in [2.75, 3.05) is 0 Å². The number of aliphatic hydroxyl groups excluding tert-OH is 1. The van der Waals surface area contributed by atoms with Crippen molar-refractivity contribution in [1.29, 1.82) is 0 Å². The van der Waals surface area contributed by atoms with Gasteiger partial charge in [0.25, 0.3) is 0 Å². The summed E-state index contributed by atoms with van der Waals surface area (Å²) in [6.45, 7) is 0. The van der Waals surface area contributed by atoms with Crippen molar-refractivity contribution in [2.24, 2.45) is 0 Å². The summed E-state index contributed by atoms with van der Waals surface area (Å²) in [7, 11) is 0. The average Bonchev–Trinajstić information content (AvgIpc) is 2.39. The molecule has 0 saturated heterocycles. The number of rotatable bonds is 3. The van der Waals surface area contributed by atoms with Crippen molar-refractivity contribution in [1.82, 2.24) is 0 Å². The first-order valence-electron chi connectivity index (χ1n) is 5.31. The maximum Gasteiger partial charge on any atom is 0.195 e. The number of hydrogen-bond acceptors (Lipinski definition) is 2. The average molecular weight is 309 g/mol. The van der Waals surface area contributed by atoms with Gasteiger partial charge >= 0.3 is 0 Å². The zero-order valence-electron chi connectivity index (χ0n) is 9.31. The Labute approximate surface area is 112 Å². The summed E-state index contributed by atoms with van der Waals surface area (Å²) in [6, 6.07) is 11.9. The lowest BCUT2D eigenvalue weighted by molar-refractivity contribution is 0.0747. The summed E-state index contributed by atoms with van der Waals surface area (Å²) in [4.78, 5) is 12.0. The van der Waals surface area contributed by atoms with Gasteiger partial charge in [-0.3, -0.25) is 4.79 Å². The molecule has 92 valence electrons. The maximum absolute atomic E-state index is 12.7. The van der Waals surface area contributed by atoms with Crippen LogP contribution in [-0.4, -0.2) is 10.9 Å². The Morgan fingerprint density at radius 3 is 2.17 bits per heavy atom. The minimum Gasteiger partial charge on any atom is -0.380 e. The van der Waals surface area contributed by atoms with E-state index in [2.05, 4.69) is 15.9 Å². The van der Waals surface area contributed by atoms with Crippen molar-refractivity contribution in [3.05, 3.63) is 69.9 Å². The van der Waals surface area contributed by atoms with Gasteiger partial charge in [0.05, 0.1) is 0 Å². The topological polar surface area (TPSA) is 37.3 Å². The van der Waals surface area contributed by atoms with Crippen LogP contribution in [0.4, 0.5) is 4.39 Å². The summed E-state index contributed by atoms with van der Waals surface area (Å²) in [5, 5.41) is 9.94. The number of halogens is 2. The molecule has 1 N–H and O–H groups in total. The fraction of sp³-hybridized carbons (Fsp3) is 0.0714. The molecule has 0 radical (unpaired) electrons. The summed E-state index contributed by atoms with van der Waals surface area (Å²) >= 11 is 3.28. The fourth-order valence-corrected chi connectivity index (χ4v) is 1.83. The summed E-state index contributed by atoms with van der Waals surface area (Å²) in [5.74, 6) is -0.859. The molecule has 0 fully saturated rings. The van der Waals surface area contributed by atoms with Gasteiger partial charge in [-0.05, 0) is 42.0 Å². The molecule has 2 aromatic rings. The number of carbonyl (C=O) groups is 1. The molecule has 0 bridgehead atoms. The molecule has 0 heterocycles. The lowest BCUT2D eigenvalue weighted by atomic mass is 10.0. The third kappa shape index (κ3) is 2.83. The molecule has 1 atom stereocenters.